The smallest absolute Gasteiger partial charge is 0.341 e. The van der Waals surface area contributed by atoms with Crippen molar-refractivity contribution in [2.24, 2.45) is 0 Å². The minimum atomic E-state index is -0.427. The summed E-state index contributed by atoms with van der Waals surface area (Å²) in [5.41, 5.74) is 2.90. The lowest BCUT2D eigenvalue weighted by molar-refractivity contribution is -0.129. The number of benzene rings is 1. The molecule has 176 valence electrons. The van der Waals surface area contributed by atoms with E-state index in [-0.39, 0.29) is 19.1 Å². The maximum Gasteiger partial charge on any atom is 0.341 e. The van der Waals surface area contributed by atoms with Gasteiger partial charge in [0, 0.05) is 50.5 Å². The molecule has 0 bridgehead atoms. The number of amides is 1. The molecule has 1 heterocycles. The molecule has 0 radical (unpaired) electrons. The molecule has 7 nitrogen and oxygen atoms in total. The zero-order valence-electron chi connectivity index (χ0n) is 20.5. The van der Waals surface area contributed by atoms with Crippen LogP contribution >= 0.6 is 0 Å². The summed E-state index contributed by atoms with van der Waals surface area (Å²) in [7, 11) is 1.86. The quantitative estimate of drug-likeness (QED) is 0.456. The van der Waals surface area contributed by atoms with Crippen molar-refractivity contribution in [1.82, 2.24) is 9.88 Å². The van der Waals surface area contributed by atoms with E-state index in [0.717, 1.165) is 55.6 Å². The first-order chi connectivity index (χ1) is 15.4. The lowest BCUT2D eigenvalue weighted by atomic mass is 10.1. The molecule has 32 heavy (non-hydrogen) atoms. The number of anilines is 2. The van der Waals surface area contributed by atoms with Gasteiger partial charge in [0.25, 0.3) is 0 Å². The first-order valence-electron chi connectivity index (χ1n) is 11.7. The number of esters is 1. The van der Waals surface area contributed by atoms with Gasteiger partial charge in [-0.2, -0.15) is 0 Å². The monoisotopic (exact) mass is 442 g/mol. The molecule has 0 aliphatic carbocycles. The van der Waals surface area contributed by atoms with E-state index in [1.807, 2.05) is 29.0 Å². The van der Waals surface area contributed by atoms with E-state index in [1.165, 1.54) is 0 Å². The van der Waals surface area contributed by atoms with E-state index < -0.39 is 5.97 Å². The molecule has 0 aliphatic rings. The van der Waals surface area contributed by atoms with Crippen molar-refractivity contribution in [2.75, 3.05) is 56.2 Å². The molecule has 0 unspecified atom stereocenters. The van der Waals surface area contributed by atoms with Gasteiger partial charge in [0.05, 0.1) is 24.4 Å². The second kappa shape index (κ2) is 12.3. The van der Waals surface area contributed by atoms with Gasteiger partial charge in [0.2, 0.25) is 5.91 Å². The third-order valence-corrected chi connectivity index (χ3v) is 5.54. The molecule has 1 aromatic carbocycles. The maximum absolute atomic E-state index is 13.1. The number of hydrogen-bond donors (Lipinski definition) is 0. The van der Waals surface area contributed by atoms with Crippen molar-refractivity contribution >= 4 is 34.2 Å². The minimum absolute atomic E-state index is 0.0517. The molecule has 2 aromatic rings. The SMILES string of the molecule is CCCN(CCC)C(=O)CN(C)c1c(C(=O)OCC)cnc2ccc(N(CC)CC)cc12. The number of ether oxygens (including phenoxy) is 1. The topological polar surface area (TPSA) is 66.0 Å². The highest BCUT2D eigenvalue weighted by Gasteiger charge is 2.23. The summed E-state index contributed by atoms with van der Waals surface area (Å²) < 4.78 is 5.31. The Morgan fingerprint density at radius 1 is 1.00 bits per heavy atom. The molecule has 0 aliphatic heterocycles. The van der Waals surface area contributed by atoms with Crippen molar-refractivity contribution in [3.05, 3.63) is 30.0 Å². The van der Waals surface area contributed by atoms with Crippen LogP contribution in [0.2, 0.25) is 0 Å². The van der Waals surface area contributed by atoms with E-state index >= 15 is 0 Å². The van der Waals surface area contributed by atoms with Crippen LogP contribution in [-0.4, -0.2) is 68.1 Å². The number of likely N-dealkylation sites (N-methyl/N-ethyl adjacent to an activating group) is 1. The number of aromatic nitrogens is 1. The van der Waals surface area contributed by atoms with E-state index in [2.05, 4.69) is 43.6 Å². The van der Waals surface area contributed by atoms with Crippen LogP contribution in [0.15, 0.2) is 24.4 Å². The predicted molar refractivity (Wildman–Crippen MR) is 132 cm³/mol. The van der Waals surface area contributed by atoms with Crippen molar-refractivity contribution in [3.8, 4) is 0 Å². The van der Waals surface area contributed by atoms with Crippen LogP contribution in [0.5, 0.6) is 0 Å². The summed E-state index contributed by atoms with van der Waals surface area (Å²) >= 11 is 0. The fraction of sp³-hybridized carbons (Fsp3) is 0.560. The summed E-state index contributed by atoms with van der Waals surface area (Å²) in [6, 6.07) is 6.08. The summed E-state index contributed by atoms with van der Waals surface area (Å²) in [4.78, 5) is 36.4. The van der Waals surface area contributed by atoms with Gasteiger partial charge in [-0.3, -0.25) is 9.78 Å². The van der Waals surface area contributed by atoms with Gasteiger partial charge in [-0.05, 0) is 51.8 Å². The van der Waals surface area contributed by atoms with Gasteiger partial charge in [0.15, 0.2) is 0 Å². The number of nitrogens with zero attached hydrogens (tertiary/aromatic N) is 4. The van der Waals surface area contributed by atoms with E-state index in [4.69, 9.17) is 4.74 Å². The van der Waals surface area contributed by atoms with Crippen molar-refractivity contribution in [2.45, 2.75) is 47.5 Å². The molecule has 0 saturated carbocycles. The van der Waals surface area contributed by atoms with Crippen LogP contribution < -0.4 is 9.80 Å². The van der Waals surface area contributed by atoms with E-state index in [1.54, 1.807) is 13.1 Å². The van der Waals surface area contributed by atoms with Crippen LogP contribution in [0.25, 0.3) is 10.9 Å². The van der Waals surface area contributed by atoms with Gasteiger partial charge < -0.3 is 19.4 Å². The molecule has 7 heteroatoms. The number of carbonyl (C=O) groups excluding carboxylic acids is 2. The summed E-state index contributed by atoms with van der Waals surface area (Å²) in [6.07, 6.45) is 3.38. The first kappa shape index (κ1) is 25.4. The number of fused-ring (bicyclic) bond motifs is 1. The van der Waals surface area contributed by atoms with Crippen molar-refractivity contribution in [1.29, 1.82) is 0 Å². The van der Waals surface area contributed by atoms with Crippen molar-refractivity contribution in [3.63, 3.8) is 0 Å². The Bertz CT molecular complexity index is 905. The Kier molecular flexibility index (Phi) is 9.75. The average molecular weight is 443 g/mol. The maximum atomic E-state index is 13.1. The Morgan fingerprint density at radius 3 is 2.22 bits per heavy atom. The van der Waals surface area contributed by atoms with Gasteiger partial charge in [0.1, 0.15) is 5.56 Å². The minimum Gasteiger partial charge on any atom is -0.462 e. The standard InChI is InChI=1S/C25H38N4O3/c1-7-14-29(15-8-2)23(30)18-27(6)24-20-16-19(28(9-3)10-4)12-13-22(20)26-17-21(24)25(31)32-11-5/h12-13,16-17H,7-11,14-15,18H2,1-6H3. The lowest BCUT2D eigenvalue weighted by Gasteiger charge is -2.28. The molecular weight excluding hydrogens is 404 g/mol. The van der Waals surface area contributed by atoms with Crippen LogP contribution in [0.1, 0.15) is 57.8 Å². The third-order valence-electron chi connectivity index (χ3n) is 5.54. The molecular formula is C25H38N4O3. The molecule has 1 amide bonds. The highest BCUT2D eigenvalue weighted by atomic mass is 16.5. The van der Waals surface area contributed by atoms with Crippen molar-refractivity contribution < 1.29 is 14.3 Å². The van der Waals surface area contributed by atoms with Gasteiger partial charge >= 0.3 is 5.97 Å². The first-order valence-corrected chi connectivity index (χ1v) is 11.7. The Hall–Kier alpha value is -2.83. The largest absolute Gasteiger partial charge is 0.462 e. The van der Waals surface area contributed by atoms with Crippen LogP contribution in [0, 0.1) is 0 Å². The number of pyridine rings is 1. The van der Waals surface area contributed by atoms with E-state index in [9.17, 15) is 9.59 Å². The highest BCUT2D eigenvalue weighted by Crippen LogP contribution is 2.32. The van der Waals surface area contributed by atoms with Gasteiger partial charge in [-0.25, -0.2) is 4.79 Å². The fourth-order valence-electron chi connectivity index (χ4n) is 4.00. The molecule has 1 aromatic heterocycles. The Balaban J connectivity index is 2.57. The lowest BCUT2D eigenvalue weighted by Crippen LogP contribution is -2.40. The number of carbonyl (C=O) groups is 2. The normalized spacial score (nSPS) is 10.8. The molecule has 0 N–H and O–H groups in total. The van der Waals surface area contributed by atoms with E-state index in [0.29, 0.717) is 11.3 Å². The fourth-order valence-corrected chi connectivity index (χ4v) is 4.00. The molecule has 0 spiro atoms. The zero-order valence-corrected chi connectivity index (χ0v) is 20.5. The van der Waals surface area contributed by atoms with Gasteiger partial charge in [-0.1, -0.05) is 13.8 Å². The molecule has 0 atom stereocenters. The highest BCUT2D eigenvalue weighted by molar-refractivity contribution is 6.06. The van der Waals surface area contributed by atoms with Gasteiger partial charge in [-0.15, -0.1) is 0 Å². The molecule has 2 rings (SSSR count). The molecule has 0 fully saturated rings. The number of hydrogen-bond acceptors (Lipinski definition) is 6. The third kappa shape index (κ3) is 5.90. The molecule has 0 saturated heterocycles. The predicted octanol–water partition coefficient (Wildman–Crippen LogP) is 4.34. The average Bonchev–Trinajstić information content (AvgIpc) is 2.78. The summed E-state index contributed by atoms with van der Waals surface area (Å²) in [5, 5.41) is 0.841. The Labute approximate surface area is 192 Å². The number of rotatable bonds is 12. The summed E-state index contributed by atoms with van der Waals surface area (Å²) in [5.74, 6) is -0.376. The second-order valence-corrected chi connectivity index (χ2v) is 7.85. The second-order valence-electron chi connectivity index (χ2n) is 7.85. The zero-order chi connectivity index (χ0) is 23.7. The summed E-state index contributed by atoms with van der Waals surface area (Å²) in [6.45, 7) is 13.8. The van der Waals surface area contributed by atoms with Crippen LogP contribution in [0.4, 0.5) is 11.4 Å². The van der Waals surface area contributed by atoms with Crippen LogP contribution in [0.3, 0.4) is 0 Å². The van der Waals surface area contributed by atoms with Crippen LogP contribution in [-0.2, 0) is 9.53 Å². The Morgan fingerprint density at radius 2 is 1.66 bits per heavy atom.